The average Bonchev–Trinajstić information content (AvgIpc) is 2.23. The van der Waals surface area contributed by atoms with Crippen molar-refractivity contribution >= 4 is 17.8 Å². The van der Waals surface area contributed by atoms with Gasteiger partial charge in [0.15, 0.2) is 5.96 Å². The molecule has 0 aromatic rings. The van der Waals surface area contributed by atoms with Crippen molar-refractivity contribution in [2.45, 2.75) is 31.8 Å². The first-order chi connectivity index (χ1) is 7.84. The van der Waals surface area contributed by atoms with Crippen LogP contribution in [0, 0.1) is 0 Å². The van der Waals surface area contributed by atoms with E-state index in [1.807, 2.05) is 0 Å². The lowest BCUT2D eigenvalue weighted by atomic mass is 10.1. The smallest absolute Gasteiger partial charge is 0.239 e. The summed E-state index contributed by atoms with van der Waals surface area (Å²) in [6, 6.07) is -1.43. The summed E-state index contributed by atoms with van der Waals surface area (Å²) in [5, 5.41) is 2.41. The Morgan fingerprint density at radius 1 is 1.29 bits per heavy atom. The van der Waals surface area contributed by atoms with Gasteiger partial charge in [0.1, 0.15) is 6.04 Å². The number of nitrogens with zero attached hydrogens (tertiary/aromatic N) is 1. The van der Waals surface area contributed by atoms with E-state index in [4.69, 9.17) is 22.9 Å². The van der Waals surface area contributed by atoms with E-state index in [1.54, 1.807) is 0 Å². The molecule has 0 saturated heterocycles. The molecule has 2 atom stereocenters. The molecule has 0 radical (unpaired) electrons. The Kier molecular flexibility index (Phi) is 6.64. The van der Waals surface area contributed by atoms with E-state index in [0.717, 1.165) is 0 Å². The van der Waals surface area contributed by atoms with Crippen molar-refractivity contribution in [1.82, 2.24) is 5.32 Å². The predicted octanol–water partition coefficient (Wildman–Crippen LogP) is -2.64. The monoisotopic (exact) mass is 244 g/mol. The summed E-state index contributed by atoms with van der Waals surface area (Å²) in [5.74, 6) is -1.02. The average molecular weight is 244 g/mol. The number of guanidine groups is 1. The fourth-order valence-corrected chi connectivity index (χ4v) is 1.04. The van der Waals surface area contributed by atoms with Crippen LogP contribution in [0.4, 0.5) is 0 Å². The molecule has 8 heteroatoms. The molecule has 0 aromatic carbocycles. The van der Waals surface area contributed by atoms with Gasteiger partial charge in [0.2, 0.25) is 11.8 Å². The van der Waals surface area contributed by atoms with Crippen molar-refractivity contribution in [2.75, 3.05) is 6.54 Å². The Morgan fingerprint density at radius 3 is 2.35 bits per heavy atom. The van der Waals surface area contributed by atoms with Crippen LogP contribution in [0.3, 0.4) is 0 Å². The number of aliphatic imine (C=N–C) groups is 1. The van der Waals surface area contributed by atoms with E-state index >= 15 is 0 Å². The quantitative estimate of drug-likeness (QED) is 0.187. The third-order valence-corrected chi connectivity index (χ3v) is 2.09. The zero-order chi connectivity index (χ0) is 13.4. The summed E-state index contributed by atoms with van der Waals surface area (Å²) in [7, 11) is 0. The van der Waals surface area contributed by atoms with Crippen LogP contribution in [-0.2, 0) is 9.59 Å². The molecule has 0 aliphatic rings. The maximum absolute atomic E-state index is 11.5. The third kappa shape index (κ3) is 7.12. The molecule has 9 N–H and O–H groups in total. The summed E-state index contributed by atoms with van der Waals surface area (Å²) in [6.07, 6.45) is 1.01. The number of nitrogens with two attached hydrogens (primary N) is 4. The lowest BCUT2D eigenvalue weighted by Crippen LogP contribution is -2.49. The Hall–Kier alpha value is -1.83. The largest absolute Gasteiger partial charge is 0.370 e. The van der Waals surface area contributed by atoms with E-state index in [-0.39, 0.29) is 5.96 Å². The first-order valence-corrected chi connectivity index (χ1v) is 5.25. The van der Waals surface area contributed by atoms with Crippen molar-refractivity contribution < 1.29 is 9.59 Å². The highest BCUT2D eigenvalue weighted by Gasteiger charge is 2.17. The topological polar surface area (TPSA) is 163 Å². The van der Waals surface area contributed by atoms with Crippen molar-refractivity contribution in [3.05, 3.63) is 0 Å². The number of rotatable bonds is 7. The molecule has 0 fully saturated rings. The molecule has 0 saturated carbocycles. The number of amides is 2. The Morgan fingerprint density at radius 2 is 1.88 bits per heavy atom. The molecular formula is C9H20N6O2. The molecule has 0 aromatic heterocycles. The number of nitrogens with one attached hydrogen (secondary N) is 1. The third-order valence-electron chi connectivity index (χ3n) is 2.09. The molecule has 0 spiro atoms. The second-order valence-corrected chi connectivity index (χ2v) is 3.69. The normalized spacial score (nSPS) is 13.5. The Balaban J connectivity index is 3.90. The zero-order valence-electron chi connectivity index (χ0n) is 9.85. The van der Waals surface area contributed by atoms with Gasteiger partial charge in [0.25, 0.3) is 0 Å². The zero-order valence-corrected chi connectivity index (χ0v) is 9.85. The fraction of sp³-hybridized carbons (Fsp3) is 0.667. The van der Waals surface area contributed by atoms with Gasteiger partial charge in [0, 0.05) is 6.54 Å². The Bertz CT molecular complexity index is 300. The maximum Gasteiger partial charge on any atom is 0.239 e. The van der Waals surface area contributed by atoms with E-state index in [0.29, 0.717) is 19.4 Å². The van der Waals surface area contributed by atoms with Crippen LogP contribution in [0.5, 0.6) is 0 Å². The maximum atomic E-state index is 11.5. The van der Waals surface area contributed by atoms with Gasteiger partial charge in [-0.3, -0.25) is 14.6 Å². The molecule has 98 valence electrons. The molecule has 0 aliphatic heterocycles. The van der Waals surface area contributed by atoms with Gasteiger partial charge in [-0.2, -0.15) is 0 Å². The highest BCUT2D eigenvalue weighted by Crippen LogP contribution is 1.96. The van der Waals surface area contributed by atoms with E-state index in [9.17, 15) is 9.59 Å². The SMILES string of the molecule is C[C@H](NC(=O)[C@@H](N)CCCN=C(N)N)C(N)=O. The second-order valence-electron chi connectivity index (χ2n) is 3.69. The standard InChI is InChI=1S/C9H20N6O2/c1-5(7(11)16)15-8(17)6(10)3-2-4-14-9(12)13/h5-6H,2-4,10H2,1H3,(H2,11,16)(H,15,17)(H4,12,13,14)/t5-,6-/m0/s1. The van der Waals surface area contributed by atoms with Crippen LogP contribution < -0.4 is 28.3 Å². The minimum Gasteiger partial charge on any atom is -0.370 e. The molecular weight excluding hydrogens is 224 g/mol. The molecule has 8 nitrogen and oxygen atoms in total. The lowest BCUT2D eigenvalue weighted by molar-refractivity contribution is -0.127. The summed E-state index contributed by atoms with van der Waals surface area (Å²) in [5.41, 5.74) is 20.9. The van der Waals surface area contributed by atoms with Gasteiger partial charge in [-0.15, -0.1) is 0 Å². The number of hydrogen-bond acceptors (Lipinski definition) is 4. The van der Waals surface area contributed by atoms with Crippen LogP contribution in [-0.4, -0.2) is 36.4 Å². The molecule has 0 heterocycles. The van der Waals surface area contributed by atoms with Crippen molar-refractivity contribution in [3.8, 4) is 0 Å². The van der Waals surface area contributed by atoms with Gasteiger partial charge < -0.3 is 28.3 Å². The second kappa shape index (κ2) is 7.44. The molecule has 0 unspecified atom stereocenters. The lowest BCUT2D eigenvalue weighted by Gasteiger charge is -2.14. The first kappa shape index (κ1) is 15.2. The van der Waals surface area contributed by atoms with Crippen LogP contribution >= 0.6 is 0 Å². The molecule has 2 amide bonds. The number of primary amides is 1. The van der Waals surface area contributed by atoms with Crippen LogP contribution in [0.15, 0.2) is 4.99 Å². The molecule has 0 rings (SSSR count). The van der Waals surface area contributed by atoms with E-state index in [2.05, 4.69) is 10.3 Å². The van der Waals surface area contributed by atoms with E-state index < -0.39 is 23.9 Å². The highest BCUT2D eigenvalue weighted by molar-refractivity contribution is 5.88. The van der Waals surface area contributed by atoms with Gasteiger partial charge in [0.05, 0.1) is 6.04 Å². The van der Waals surface area contributed by atoms with Gasteiger partial charge >= 0.3 is 0 Å². The first-order valence-electron chi connectivity index (χ1n) is 5.25. The molecule has 17 heavy (non-hydrogen) atoms. The molecule has 0 bridgehead atoms. The minimum atomic E-state index is -0.730. The van der Waals surface area contributed by atoms with Crippen molar-refractivity contribution in [2.24, 2.45) is 27.9 Å². The predicted molar refractivity (Wildman–Crippen MR) is 64.7 cm³/mol. The van der Waals surface area contributed by atoms with Crippen LogP contribution in [0.25, 0.3) is 0 Å². The van der Waals surface area contributed by atoms with E-state index in [1.165, 1.54) is 6.92 Å². The number of carbonyl (C=O) groups is 2. The summed E-state index contributed by atoms with van der Waals surface area (Å²) >= 11 is 0. The van der Waals surface area contributed by atoms with Gasteiger partial charge in [-0.1, -0.05) is 0 Å². The fourth-order valence-electron chi connectivity index (χ4n) is 1.04. The minimum absolute atomic E-state index is 0.00498. The van der Waals surface area contributed by atoms with Crippen molar-refractivity contribution in [3.63, 3.8) is 0 Å². The van der Waals surface area contributed by atoms with Gasteiger partial charge in [-0.05, 0) is 19.8 Å². The number of hydrogen-bond donors (Lipinski definition) is 5. The van der Waals surface area contributed by atoms with Gasteiger partial charge in [-0.25, -0.2) is 0 Å². The highest BCUT2D eigenvalue weighted by atomic mass is 16.2. The number of carbonyl (C=O) groups excluding carboxylic acids is 2. The van der Waals surface area contributed by atoms with Crippen LogP contribution in [0.2, 0.25) is 0 Å². The van der Waals surface area contributed by atoms with Crippen molar-refractivity contribution in [1.29, 1.82) is 0 Å². The summed E-state index contributed by atoms with van der Waals surface area (Å²) < 4.78 is 0. The summed E-state index contributed by atoms with van der Waals surface area (Å²) in [6.45, 7) is 1.90. The molecule has 0 aliphatic carbocycles. The van der Waals surface area contributed by atoms with Crippen LogP contribution in [0.1, 0.15) is 19.8 Å². The summed E-state index contributed by atoms with van der Waals surface area (Å²) in [4.78, 5) is 25.9. The Labute approximate surface area is 99.8 Å².